The van der Waals surface area contributed by atoms with Gasteiger partial charge in [0.2, 0.25) is 0 Å². The maximum atomic E-state index is 13.4. The van der Waals surface area contributed by atoms with Crippen molar-refractivity contribution in [1.29, 1.82) is 0 Å². The zero-order valence-corrected chi connectivity index (χ0v) is 20.8. The summed E-state index contributed by atoms with van der Waals surface area (Å²) in [5.41, 5.74) is 2.82. The summed E-state index contributed by atoms with van der Waals surface area (Å²) >= 11 is 0. The predicted molar refractivity (Wildman–Crippen MR) is 138 cm³/mol. The van der Waals surface area contributed by atoms with Crippen molar-refractivity contribution in [1.82, 2.24) is 9.80 Å². The van der Waals surface area contributed by atoms with Crippen LogP contribution in [0, 0.1) is 0 Å². The molecule has 3 aromatic rings. The second-order valence-electron chi connectivity index (χ2n) is 10.2. The van der Waals surface area contributed by atoms with Gasteiger partial charge in [0.05, 0.1) is 11.8 Å². The Morgan fingerprint density at radius 2 is 1.81 bits per heavy atom. The molecule has 0 spiro atoms. The summed E-state index contributed by atoms with van der Waals surface area (Å²) in [4.78, 5) is 30.8. The number of rotatable bonds is 5. The average molecular weight is 499 g/mol. The van der Waals surface area contributed by atoms with E-state index in [4.69, 9.17) is 9.15 Å². The number of ketones is 1. The Bertz CT molecular complexity index is 1340. The first-order valence-electron chi connectivity index (χ1n) is 12.9. The Balaban J connectivity index is 1.30. The number of hydrogen-bond donors (Lipinski definition) is 1. The third-order valence-electron chi connectivity index (χ3n) is 7.66. The molecule has 0 bridgehead atoms. The number of carbonyl (C=O) groups excluding carboxylic acids is 2. The van der Waals surface area contributed by atoms with Gasteiger partial charge in [-0.2, -0.15) is 0 Å². The van der Waals surface area contributed by atoms with E-state index in [9.17, 15) is 14.7 Å². The number of amides is 1. The maximum Gasteiger partial charge on any atom is 0.296 e. The van der Waals surface area contributed by atoms with Gasteiger partial charge in [0.1, 0.15) is 29.4 Å². The molecule has 0 aliphatic carbocycles. The predicted octanol–water partition coefficient (Wildman–Crippen LogP) is 4.69. The van der Waals surface area contributed by atoms with Crippen molar-refractivity contribution in [2.24, 2.45) is 0 Å². The number of carbonyl (C=O) groups is 2. The van der Waals surface area contributed by atoms with E-state index in [1.807, 2.05) is 37.3 Å². The molecule has 1 aromatic heterocycles. The fourth-order valence-corrected chi connectivity index (χ4v) is 5.87. The molecule has 37 heavy (non-hydrogen) atoms. The molecule has 1 amide bonds. The van der Waals surface area contributed by atoms with E-state index in [-0.39, 0.29) is 23.5 Å². The van der Waals surface area contributed by atoms with E-state index in [1.54, 1.807) is 23.1 Å². The van der Waals surface area contributed by atoms with Crippen molar-refractivity contribution in [2.75, 3.05) is 13.1 Å². The quantitative estimate of drug-likeness (QED) is 0.312. The molecule has 2 unspecified atom stereocenters. The van der Waals surface area contributed by atoms with Gasteiger partial charge in [0.25, 0.3) is 11.7 Å². The van der Waals surface area contributed by atoms with Crippen LogP contribution in [-0.4, -0.2) is 51.8 Å². The minimum absolute atomic E-state index is 0.0638. The van der Waals surface area contributed by atoms with E-state index < -0.39 is 17.7 Å². The van der Waals surface area contributed by atoms with Crippen molar-refractivity contribution in [3.63, 3.8) is 0 Å². The van der Waals surface area contributed by atoms with Crippen LogP contribution in [0.4, 0.5) is 0 Å². The number of nitrogens with zero attached hydrogens (tertiary/aromatic N) is 2. The van der Waals surface area contributed by atoms with Gasteiger partial charge < -0.3 is 19.2 Å². The lowest BCUT2D eigenvalue weighted by atomic mass is 9.96. The molecule has 3 aliphatic heterocycles. The van der Waals surface area contributed by atoms with Crippen molar-refractivity contribution >= 4 is 17.4 Å². The summed E-state index contributed by atoms with van der Waals surface area (Å²) in [6.07, 6.45) is 3.81. The van der Waals surface area contributed by atoms with Crippen LogP contribution < -0.4 is 4.74 Å². The van der Waals surface area contributed by atoms with Gasteiger partial charge in [-0.1, -0.05) is 30.3 Å². The van der Waals surface area contributed by atoms with E-state index >= 15 is 0 Å². The second kappa shape index (κ2) is 9.56. The van der Waals surface area contributed by atoms with E-state index in [2.05, 4.69) is 17.0 Å². The van der Waals surface area contributed by atoms with Crippen LogP contribution in [0.3, 0.4) is 0 Å². The van der Waals surface area contributed by atoms with Gasteiger partial charge in [-0.05, 0) is 61.2 Å². The number of benzene rings is 2. The number of likely N-dealkylation sites (tertiary alicyclic amines) is 2. The second-order valence-corrected chi connectivity index (χ2v) is 10.2. The van der Waals surface area contributed by atoms with Crippen LogP contribution in [-0.2, 0) is 22.6 Å². The fraction of sp³-hybridized carbons (Fsp3) is 0.333. The van der Waals surface area contributed by atoms with Crippen LogP contribution in [0.25, 0.3) is 5.76 Å². The smallest absolute Gasteiger partial charge is 0.296 e. The zero-order chi connectivity index (χ0) is 25.5. The van der Waals surface area contributed by atoms with Crippen molar-refractivity contribution in [3.8, 4) is 5.75 Å². The topological polar surface area (TPSA) is 83.2 Å². The Hall–Kier alpha value is -3.84. The molecule has 1 N–H and O–H groups in total. The lowest BCUT2D eigenvalue weighted by Gasteiger charge is -2.38. The number of ether oxygens (including phenoxy) is 1. The van der Waals surface area contributed by atoms with Crippen LogP contribution in [0.15, 0.2) is 76.9 Å². The number of piperidine rings is 1. The fourth-order valence-electron chi connectivity index (χ4n) is 5.87. The highest BCUT2D eigenvalue weighted by Crippen LogP contribution is 2.43. The zero-order valence-electron chi connectivity index (χ0n) is 20.8. The van der Waals surface area contributed by atoms with Crippen molar-refractivity contribution < 1.29 is 23.8 Å². The highest BCUT2D eigenvalue weighted by Gasteiger charge is 2.50. The van der Waals surface area contributed by atoms with Gasteiger partial charge in [-0.25, -0.2) is 0 Å². The Labute approximate surface area is 215 Å². The van der Waals surface area contributed by atoms with E-state index in [0.717, 1.165) is 50.2 Å². The molecule has 7 heteroatoms. The lowest BCUT2D eigenvalue weighted by molar-refractivity contribution is -0.142. The Morgan fingerprint density at radius 3 is 2.54 bits per heavy atom. The van der Waals surface area contributed by atoms with Gasteiger partial charge in [0, 0.05) is 37.7 Å². The molecule has 6 rings (SSSR count). The largest absolute Gasteiger partial charge is 0.507 e. The number of fused-ring (bicyclic) bond motifs is 1. The Morgan fingerprint density at radius 1 is 1.03 bits per heavy atom. The van der Waals surface area contributed by atoms with Gasteiger partial charge in [-0.15, -0.1) is 0 Å². The summed E-state index contributed by atoms with van der Waals surface area (Å²) in [6, 6.07) is 18.4. The SMILES string of the molecule is CC1Cc2cc(/C(O)=C3/C(=O)C(=O)N(C4CCN(Cc5ccccc5)CC4)C3c3ccco3)ccc2O1. The summed E-state index contributed by atoms with van der Waals surface area (Å²) in [5, 5.41) is 11.4. The molecule has 3 aliphatic rings. The number of Topliss-reactive ketones (excluding diaryl/α,β-unsaturated/α-hetero) is 1. The van der Waals surface area contributed by atoms with Crippen LogP contribution in [0.5, 0.6) is 5.75 Å². The standard InChI is InChI=1S/C30H30N2O5/c1-19-16-22-17-21(9-10-24(22)37-19)28(33)26-27(25-8-5-15-36-25)32(30(35)29(26)34)23-11-13-31(14-12-23)18-20-6-3-2-4-7-20/h2-10,15,17,19,23,27,33H,11-14,16,18H2,1H3/b28-26-. The highest BCUT2D eigenvalue weighted by molar-refractivity contribution is 6.46. The molecule has 190 valence electrons. The van der Waals surface area contributed by atoms with Gasteiger partial charge in [-0.3, -0.25) is 14.5 Å². The lowest BCUT2D eigenvalue weighted by Crippen LogP contribution is -2.46. The third-order valence-corrected chi connectivity index (χ3v) is 7.66. The summed E-state index contributed by atoms with van der Waals surface area (Å²) in [7, 11) is 0. The monoisotopic (exact) mass is 498 g/mol. The van der Waals surface area contributed by atoms with Crippen LogP contribution in [0.2, 0.25) is 0 Å². The third kappa shape index (κ3) is 4.33. The molecular weight excluding hydrogens is 468 g/mol. The van der Waals surface area contributed by atoms with Crippen molar-refractivity contribution in [2.45, 2.75) is 50.9 Å². The van der Waals surface area contributed by atoms with Gasteiger partial charge >= 0.3 is 0 Å². The number of aliphatic hydroxyl groups excluding tert-OH is 1. The number of hydrogen-bond acceptors (Lipinski definition) is 6. The van der Waals surface area contributed by atoms with E-state index in [0.29, 0.717) is 11.3 Å². The van der Waals surface area contributed by atoms with Gasteiger partial charge in [0.15, 0.2) is 0 Å². The first kappa shape index (κ1) is 23.6. The normalized spacial score (nSPS) is 23.9. The minimum atomic E-state index is -0.760. The molecule has 2 atom stereocenters. The molecule has 2 fully saturated rings. The highest BCUT2D eigenvalue weighted by atomic mass is 16.5. The molecule has 0 saturated carbocycles. The van der Waals surface area contributed by atoms with Crippen molar-refractivity contribution in [3.05, 3.63) is 95.0 Å². The molecular formula is C30H30N2O5. The number of aliphatic hydroxyl groups is 1. The minimum Gasteiger partial charge on any atom is -0.507 e. The Kier molecular flexibility index (Phi) is 6.08. The maximum absolute atomic E-state index is 13.4. The number of furan rings is 1. The first-order valence-corrected chi connectivity index (χ1v) is 12.9. The summed E-state index contributed by atoms with van der Waals surface area (Å²) in [6.45, 7) is 4.48. The molecule has 2 saturated heterocycles. The van der Waals surface area contributed by atoms with E-state index in [1.165, 1.54) is 11.8 Å². The van der Waals surface area contributed by atoms with Crippen LogP contribution >= 0.6 is 0 Å². The molecule has 4 heterocycles. The molecule has 2 aromatic carbocycles. The molecule has 7 nitrogen and oxygen atoms in total. The molecule has 0 radical (unpaired) electrons. The summed E-state index contributed by atoms with van der Waals surface area (Å²) in [5.74, 6) is -0.163. The average Bonchev–Trinajstić information content (AvgIpc) is 3.63. The van der Waals surface area contributed by atoms with Crippen LogP contribution in [0.1, 0.15) is 48.3 Å². The first-order chi connectivity index (χ1) is 18.0. The summed E-state index contributed by atoms with van der Waals surface area (Å²) < 4.78 is 11.5.